The van der Waals surface area contributed by atoms with Crippen LogP contribution in [0.1, 0.15) is 38.7 Å². The number of halogens is 6. The molecular formula is C33H35F6N5O2. The lowest BCUT2D eigenvalue weighted by Gasteiger charge is -2.41. The fourth-order valence-electron chi connectivity index (χ4n) is 5.29. The Balaban J connectivity index is 1.50. The number of hydrogen-bond acceptors (Lipinski definition) is 3. The highest BCUT2D eigenvalue weighted by molar-refractivity contribution is 6.02. The molecule has 2 amide bonds. The zero-order valence-electron chi connectivity index (χ0n) is 25.6. The normalized spacial score (nSPS) is 15.4. The summed E-state index contributed by atoms with van der Waals surface area (Å²) in [6, 6.07) is 18.4. The lowest BCUT2D eigenvalue weighted by molar-refractivity contribution is -0.143. The molecule has 0 saturated carbocycles. The van der Waals surface area contributed by atoms with Crippen molar-refractivity contribution < 1.29 is 35.9 Å². The van der Waals surface area contributed by atoms with E-state index in [-0.39, 0.29) is 36.4 Å². The van der Waals surface area contributed by atoms with Gasteiger partial charge in [-0.05, 0) is 47.9 Å². The standard InChI is InChI=1S/C33H35F6N5O2/c1-41(2)31(40-29(45)25-12-8-5-9-13-25)44-18-16-43(17-19-44)28(24-10-6-4-7-11-24)30(46)42(3)15-14-23-20-26(32(34,35)36)22-27(21-23)33(37,38)39/h4-13,20-22,28H,14-19H2,1-3H3/t28-/m0/s1. The lowest BCUT2D eigenvalue weighted by atomic mass is 10.0. The van der Waals surface area contributed by atoms with Crippen molar-refractivity contribution in [2.45, 2.75) is 24.8 Å². The molecule has 0 aliphatic carbocycles. The van der Waals surface area contributed by atoms with E-state index in [4.69, 9.17) is 0 Å². The van der Waals surface area contributed by atoms with Gasteiger partial charge in [0.15, 0.2) is 0 Å². The summed E-state index contributed by atoms with van der Waals surface area (Å²) < 4.78 is 80.1. The van der Waals surface area contributed by atoms with Crippen molar-refractivity contribution in [2.75, 3.05) is 53.9 Å². The second-order valence-corrected chi connectivity index (χ2v) is 11.2. The van der Waals surface area contributed by atoms with Crippen LogP contribution in [-0.2, 0) is 23.6 Å². The van der Waals surface area contributed by atoms with Gasteiger partial charge in [-0.2, -0.15) is 31.3 Å². The van der Waals surface area contributed by atoms with Crippen molar-refractivity contribution in [3.63, 3.8) is 0 Å². The largest absolute Gasteiger partial charge is 0.416 e. The molecule has 7 nitrogen and oxygen atoms in total. The molecule has 46 heavy (non-hydrogen) atoms. The molecule has 1 atom stereocenters. The summed E-state index contributed by atoms with van der Waals surface area (Å²) in [4.78, 5) is 38.1. The highest BCUT2D eigenvalue weighted by Crippen LogP contribution is 2.36. The van der Waals surface area contributed by atoms with Gasteiger partial charge in [-0.1, -0.05) is 48.5 Å². The van der Waals surface area contributed by atoms with Gasteiger partial charge in [0.05, 0.1) is 11.1 Å². The van der Waals surface area contributed by atoms with E-state index in [9.17, 15) is 35.9 Å². The van der Waals surface area contributed by atoms with Crippen LogP contribution >= 0.6 is 0 Å². The number of benzene rings is 3. The number of hydrogen-bond donors (Lipinski definition) is 0. The van der Waals surface area contributed by atoms with Crippen LogP contribution in [0.15, 0.2) is 83.9 Å². The minimum atomic E-state index is -4.95. The minimum Gasteiger partial charge on any atom is -0.349 e. The molecule has 13 heteroatoms. The van der Waals surface area contributed by atoms with Crippen LogP contribution in [0.3, 0.4) is 0 Å². The summed E-state index contributed by atoms with van der Waals surface area (Å²) >= 11 is 0. The Labute approximate surface area is 263 Å². The van der Waals surface area contributed by atoms with Gasteiger partial charge in [0.1, 0.15) is 6.04 Å². The first-order valence-electron chi connectivity index (χ1n) is 14.6. The van der Waals surface area contributed by atoms with Gasteiger partial charge in [-0.25, -0.2) is 0 Å². The molecule has 0 bridgehead atoms. The van der Waals surface area contributed by atoms with Gasteiger partial charge >= 0.3 is 12.4 Å². The number of likely N-dealkylation sites (N-methyl/N-ethyl adjacent to an activating group) is 1. The van der Waals surface area contributed by atoms with Crippen LogP contribution in [0.4, 0.5) is 26.3 Å². The number of amides is 2. The van der Waals surface area contributed by atoms with Gasteiger partial charge in [0, 0.05) is 59.4 Å². The Hall–Kier alpha value is -4.39. The number of alkyl halides is 6. The molecule has 3 aromatic rings. The number of rotatable bonds is 7. The van der Waals surface area contributed by atoms with Crippen molar-refractivity contribution in [3.8, 4) is 0 Å². The van der Waals surface area contributed by atoms with Gasteiger partial charge in [-0.3, -0.25) is 14.5 Å². The van der Waals surface area contributed by atoms with Crippen LogP contribution in [0.5, 0.6) is 0 Å². The van der Waals surface area contributed by atoms with E-state index in [0.29, 0.717) is 55.4 Å². The fourth-order valence-corrected chi connectivity index (χ4v) is 5.29. The van der Waals surface area contributed by atoms with Crippen LogP contribution in [0.2, 0.25) is 0 Å². The van der Waals surface area contributed by atoms with Gasteiger partial charge in [0.2, 0.25) is 11.9 Å². The van der Waals surface area contributed by atoms with Crippen molar-refractivity contribution >= 4 is 17.8 Å². The van der Waals surface area contributed by atoms with E-state index < -0.39 is 29.5 Å². The van der Waals surface area contributed by atoms with E-state index in [0.717, 1.165) is 0 Å². The van der Waals surface area contributed by atoms with Gasteiger partial charge < -0.3 is 14.7 Å². The lowest BCUT2D eigenvalue weighted by Crippen LogP contribution is -2.55. The Kier molecular flexibility index (Phi) is 10.8. The number of carbonyl (C=O) groups is 2. The summed E-state index contributed by atoms with van der Waals surface area (Å²) in [6.45, 7) is 1.65. The molecule has 1 aliphatic rings. The molecule has 1 aliphatic heterocycles. The first-order valence-corrected chi connectivity index (χ1v) is 14.6. The SMILES string of the molecule is CN(C)C(=NC(=O)c1ccccc1)N1CCN([C@H](C(=O)N(C)CCc2cc(C(F)(F)F)cc(C(F)(F)F)c2)c2ccccc2)CC1. The average Bonchev–Trinajstić information content (AvgIpc) is 3.02. The van der Waals surface area contributed by atoms with Crippen LogP contribution < -0.4 is 0 Å². The molecule has 4 rings (SSSR count). The van der Waals surface area contributed by atoms with Crippen LogP contribution in [0, 0.1) is 0 Å². The third kappa shape index (κ3) is 8.65. The summed E-state index contributed by atoms with van der Waals surface area (Å²) in [5.41, 5.74) is -1.80. The monoisotopic (exact) mass is 647 g/mol. The Morgan fingerprint density at radius 2 is 1.30 bits per heavy atom. The molecular weight excluding hydrogens is 612 g/mol. The predicted molar refractivity (Wildman–Crippen MR) is 162 cm³/mol. The van der Waals surface area contributed by atoms with E-state index in [1.165, 1.54) is 11.9 Å². The third-order valence-electron chi connectivity index (χ3n) is 7.69. The molecule has 1 fully saturated rings. The van der Waals surface area contributed by atoms with E-state index >= 15 is 0 Å². The van der Waals surface area contributed by atoms with Crippen molar-refractivity contribution in [1.82, 2.24) is 19.6 Å². The highest BCUT2D eigenvalue weighted by Gasteiger charge is 2.37. The summed E-state index contributed by atoms with van der Waals surface area (Å²) in [6.07, 6.45) is -10.1. The molecule has 3 aromatic carbocycles. The minimum absolute atomic E-state index is 0.0907. The number of carbonyl (C=O) groups excluding carboxylic acids is 2. The number of aliphatic imine (C=N–C) groups is 1. The molecule has 0 radical (unpaired) electrons. The fraction of sp³-hybridized carbons (Fsp3) is 0.364. The smallest absolute Gasteiger partial charge is 0.349 e. The van der Waals surface area contributed by atoms with Crippen LogP contribution in [0.25, 0.3) is 0 Å². The van der Waals surface area contributed by atoms with E-state index in [1.807, 2.05) is 21.9 Å². The summed E-state index contributed by atoms with van der Waals surface area (Å²) in [7, 11) is 5.06. The molecule has 0 spiro atoms. The van der Waals surface area contributed by atoms with Gasteiger partial charge in [-0.15, -0.1) is 0 Å². The molecule has 246 valence electrons. The second-order valence-electron chi connectivity index (χ2n) is 11.2. The summed E-state index contributed by atoms with van der Waals surface area (Å²) in [5, 5.41) is 0. The third-order valence-corrected chi connectivity index (χ3v) is 7.69. The molecule has 1 heterocycles. The second kappa shape index (κ2) is 14.4. The number of guanidine groups is 1. The van der Waals surface area contributed by atoms with Gasteiger partial charge in [0.25, 0.3) is 5.91 Å². The van der Waals surface area contributed by atoms with Crippen molar-refractivity contribution in [3.05, 3.63) is 107 Å². The molecule has 1 saturated heterocycles. The molecule has 0 N–H and O–H groups in total. The first kappa shape index (κ1) is 34.5. The van der Waals surface area contributed by atoms with Crippen LogP contribution in [-0.4, -0.2) is 91.2 Å². The Bertz CT molecular complexity index is 1490. The average molecular weight is 648 g/mol. The zero-order valence-corrected chi connectivity index (χ0v) is 25.6. The Morgan fingerprint density at radius 1 is 0.783 bits per heavy atom. The maximum Gasteiger partial charge on any atom is 0.416 e. The number of nitrogens with zero attached hydrogens (tertiary/aromatic N) is 5. The quantitative estimate of drug-likeness (QED) is 0.183. The molecule has 0 unspecified atom stereocenters. The Morgan fingerprint density at radius 3 is 1.80 bits per heavy atom. The first-order chi connectivity index (χ1) is 21.6. The maximum absolute atomic E-state index is 13.9. The predicted octanol–water partition coefficient (Wildman–Crippen LogP) is 5.84. The van der Waals surface area contributed by atoms with Crippen molar-refractivity contribution in [1.29, 1.82) is 0 Å². The molecule has 0 aromatic heterocycles. The number of piperazine rings is 1. The van der Waals surface area contributed by atoms with E-state index in [2.05, 4.69) is 4.99 Å². The topological polar surface area (TPSA) is 59.5 Å². The highest BCUT2D eigenvalue weighted by atomic mass is 19.4. The van der Waals surface area contributed by atoms with Crippen molar-refractivity contribution in [2.24, 2.45) is 4.99 Å². The summed E-state index contributed by atoms with van der Waals surface area (Å²) in [5.74, 6) is -0.246. The maximum atomic E-state index is 13.9. The van der Waals surface area contributed by atoms with E-state index in [1.54, 1.807) is 67.5 Å². The zero-order chi connectivity index (χ0) is 33.6.